The van der Waals surface area contributed by atoms with Crippen LogP contribution in [0.3, 0.4) is 0 Å². The lowest BCUT2D eigenvalue weighted by Gasteiger charge is -2.09. The number of alkyl carbamates (subject to hydrolysis) is 1. The van der Waals surface area contributed by atoms with Crippen LogP contribution >= 0.6 is 0 Å². The first-order valence-electron chi connectivity index (χ1n) is 10.8. The van der Waals surface area contributed by atoms with Crippen LogP contribution in [0.2, 0.25) is 0 Å². The second-order valence-corrected chi connectivity index (χ2v) is 7.34. The van der Waals surface area contributed by atoms with Gasteiger partial charge >= 0.3 is 6.09 Å². The quantitative estimate of drug-likeness (QED) is 0.254. The zero-order valence-corrected chi connectivity index (χ0v) is 17.7. The molecule has 30 heavy (non-hydrogen) atoms. The van der Waals surface area contributed by atoms with Crippen molar-refractivity contribution in [1.82, 2.24) is 10.6 Å². The molecule has 0 radical (unpaired) electrons. The fourth-order valence-electron chi connectivity index (χ4n) is 3.61. The summed E-state index contributed by atoms with van der Waals surface area (Å²) in [6, 6.07) is 0. The molecule has 0 aromatic rings. The van der Waals surface area contributed by atoms with Crippen molar-refractivity contribution in [2.24, 2.45) is 23.5 Å². The number of ether oxygens (including phenoxy) is 4. The Labute approximate surface area is 178 Å². The van der Waals surface area contributed by atoms with Crippen LogP contribution < -0.4 is 16.4 Å². The van der Waals surface area contributed by atoms with Crippen molar-refractivity contribution in [2.75, 3.05) is 65.9 Å². The van der Waals surface area contributed by atoms with Crippen molar-refractivity contribution in [2.45, 2.75) is 25.7 Å². The molecule has 2 aliphatic rings. The number of hydrogen-bond acceptors (Lipinski definition) is 7. The zero-order chi connectivity index (χ0) is 21.4. The third kappa shape index (κ3) is 10.3. The summed E-state index contributed by atoms with van der Waals surface area (Å²) >= 11 is 0. The summed E-state index contributed by atoms with van der Waals surface area (Å²) in [6.07, 6.45) is 3.80. The third-order valence-electron chi connectivity index (χ3n) is 5.26. The van der Waals surface area contributed by atoms with E-state index in [1.165, 1.54) is 0 Å². The van der Waals surface area contributed by atoms with Gasteiger partial charge in [0.2, 0.25) is 5.91 Å². The molecule has 2 amide bonds. The van der Waals surface area contributed by atoms with E-state index in [0.29, 0.717) is 77.1 Å². The lowest BCUT2D eigenvalue weighted by molar-refractivity contribution is -0.120. The van der Waals surface area contributed by atoms with Crippen LogP contribution in [0.4, 0.5) is 4.79 Å². The fraction of sp³-hybridized carbons (Fsp3) is 0.810. The number of nitrogens with two attached hydrogens (primary N) is 1. The molecule has 2 unspecified atom stereocenters. The lowest BCUT2D eigenvalue weighted by atomic mass is 10.1. The maximum absolute atomic E-state index is 11.8. The van der Waals surface area contributed by atoms with Gasteiger partial charge in [0.15, 0.2) is 0 Å². The second-order valence-electron chi connectivity index (χ2n) is 7.34. The highest BCUT2D eigenvalue weighted by atomic mass is 16.6. The topological polar surface area (TPSA) is 121 Å². The summed E-state index contributed by atoms with van der Waals surface area (Å²) in [5.41, 5.74) is 5.17. The van der Waals surface area contributed by atoms with E-state index in [1.54, 1.807) is 0 Å². The number of hydrogen-bond donors (Lipinski definition) is 3. The molecule has 0 saturated heterocycles. The van der Waals surface area contributed by atoms with Crippen molar-refractivity contribution in [3.05, 3.63) is 0 Å². The number of fused-ring (bicyclic) bond motifs is 1. The molecule has 170 valence electrons. The fourth-order valence-corrected chi connectivity index (χ4v) is 3.61. The predicted molar refractivity (Wildman–Crippen MR) is 111 cm³/mol. The lowest BCUT2D eigenvalue weighted by Crippen LogP contribution is -2.32. The van der Waals surface area contributed by atoms with Crippen molar-refractivity contribution in [3.8, 4) is 11.8 Å². The molecule has 9 heteroatoms. The molecule has 0 bridgehead atoms. The Morgan fingerprint density at radius 3 is 1.93 bits per heavy atom. The van der Waals surface area contributed by atoms with Crippen LogP contribution in [0, 0.1) is 29.6 Å². The van der Waals surface area contributed by atoms with Crippen molar-refractivity contribution in [3.63, 3.8) is 0 Å². The Balaban J connectivity index is 1.31. The Hall–Kier alpha value is -1.86. The summed E-state index contributed by atoms with van der Waals surface area (Å²) in [5, 5.41) is 5.32. The van der Waals surface area contributed by atoms with Gasteiger partial charge < -0.3 is 35.3 Å². The molecular weight excluding hydrogens is 390 g/mol. The third-order valence-corrected chi connectivity index (χ3v) is 5.26. The molecule has 0 spiro atoms. The van der Waals surface area contributed by atoms with Gasteiger partial charge in [-0.2, -0.15) is 0 Å². The maximum atomic E-state index is 11.8. The van der Waals surface area contributed by atoms with E-state index in [1.807, 2.05) is 0 Å². The Morgan fingerprint density at radius 1 is 0.833 bits per heavy atom. The van der Waals surface area contributed by atoms with Crippen LogP contribution in [0.5, 0.6) is 0 Å². The smallest absolute Gasteiger partial charge is 0.407 e. The summed E-state index contributed by atoms with van der Waals surface area (Å²) in [6.45, 7) is 3.94. The predicted octanol–water partition coefficient (Wildman–Crippen LogP) is 0.277. The van der Waals surface area contributed by atoms with Gasteiger partial charge in [-0.05, 0) is 30.6 Å². The Morgan fingerprint density at radius 2 is 1.37 bits per heavy atom. The molecule has 0 heterocycles. The highest BCUT2D eigenvalue weighted by molar-refractivity contribution is 5.77. The number of carbonyl (C=O) groups is 2. The van der Waals surface area contributed by atoms with Gasteiger partial charge in [-0.15, -0.1) is 11.8 Å². The molecule has 0 aromatic carbocycles. The van der Waals surface area contributed by atoms with Crippen LogP contribution in [0.15, 0.2) is 0 Å². The van der Waals surface area contributed by atoms with Crippen LogP contribution in [0.25, 0.3) is 0 Å². The normalized spacial score (nSPS) is 22.0. The van der Waals surface area contributed by atoms with Crippen LogP contribution in [-0.2, 0) is 23.7 Å². The number of nitrogens with one attached hydrogen (secondary N) is 2. The molecule has 2 aliphatic carbocycles. The molecular formula is C21H35N3O6. The van der Waals surface area contributed by atoms with Crippen molar-refractivity contribution in [1.29, 1.82) is 0 Å². The number of carbonyl (C=O) groups excluding carboxylic acids is 2. The Bertz CT molecular complexity index is 559. The summed E-state index contributed by atoms with van der Waals surface area (Å²) in [5.74, 6) is 8.03. The first kappa shape index (κ1) is 24.4. The van der Waals surface area contributed by atoms with E-state index in [0.717, 1.165) is 25.7 Å². The largest absolute Gasteiger partial charge is 0.449 e. The summed E-state index contributed by atoms with van der Waals surface area (Å²) in [7, 11) is 0. The molecule has 1 saturated carbocycles. The molecule has 2 atom stereocenters. The van der Waals surface area contributed by atoms with Gasteiger partial charge in [0.05, 0.1) is 52.8 Å². The average Bonchev–Trinajstić information content (AvgIpc) is 3.38. The molecule has 9 nitrogen and oxygen atoms in total. The van der Waals surface area contributed by atoms with E-state index in [4.69, 9.17) is 24.7 Å². The first-order valence-corrected chi connectivity index (χ1v) is 10.8. The molecule has 0 aromatic heterocycles. The Kier molecular flexibility index (Phi) is 12.2. The number of rotatable bonds is 15. The van der Waals surface area contributed by atoms with Gasteiger partial charge in [0.1, 0.15) is 0 Å². The highest BCUT2D eigenvalue weighted by Gasteiger charge is 2.49. The van der Waals surface area contributed by atoms with Crippen LogP contribution in [-0.4, -0.2) is 77.9 Å². The minimum atomic E-state index is -0.384. The maximum Gasteiger partial charge on any atom is 0.407 e. The standard InChI is InChI=1S/C21H35N3O6/c22-15-20(25)23-7-9-27-11-13-29-14-12-28-10-8-24-21(26)30-16-19-17-5-3-1-2-4-6-18(17)19/h17-19H,3-16,22H2,(H,23,25)(H,24,26). The van der Waals surface area contributed by atoms with E-state index in [9.17, 15) is 9.59 Å². The van der Waals surface area contributed by atoms with Crippen molar-refractivity contribution < 1.29 is 28.5 Å². The summed E-state index contributed by atoms with van der Waals surface area (Å²) < 4.78 is 21.4. The molecule has 1 fully saturated rings. The van der Waals surface area contributed by atoms with Gasteiger partial charge in [-0.3, -0.25) is 4.79 Å². The second kappa shape index (κ2) is 15.0. The van der Waals surface area contributed by atoms with Crippen molar-refractivity contribution >= 4 is 12.0 Å². The molecule has 2 rings (SSSR count). The highest BCUT2D eigenvalue weighted by Crippen LogP contribution is 2.52. The zero-order valence-electron chi connectivity index (χ0n) is 17.7. The van der Waals surface area contributed by atoms with E-state index in [-0.39, 0.29) is 18.5 Å². The average molecular weight is 426 g/mol. The van der Waals surface area contributed by atoms with Crippen LogP contribution in [0.1, 0.15) is 25.7 Å². The molecule has 0 aliphatic heterocycles. The SMILES string of the molecule is NCC(=O)NCCOCCOCCOCCNC(=O)OCC1C2CCC#CCCC21. The van der Waals surface area contributed by atoms with E-state index < -0.39 is 0 Å². The van der Waals surface area contributed by atoms with Gasteiger partial charge in [-0.1, -0.05) is 0 Å². The van der Waals surface area contributed by atoms with E-state index >= 15 is 0 Å². The monoisotopic (exact) mass is 425 g/mol. The molecule has 4 N–H and O–H groups in total. The number of amides is 2. The minimum Gasteiger partial charge on any atom is -0.449 e. The minimum absolute atomic E-state index is 0.0166. The summed E-state index contributed by atoms with van der Waals surface area (Å²) in [4.78, 5) is 22.7. The first-order chi connectivity index (χ1) is 14.7. The van der Waals surface area contributed by atoms with Gasteiger partial charge in [0, 0.05) is 25.9 Å². The van der Waals surface area contributed by atoms with Gasteiger partial charge in [0.25, 0.3) is 0 Å². The van der Waals surface area contributed by atoms with E-state index in [2.05, 4.69) is 22.5 Å². The van der Waals surface area contributed by atoms with Gasteiger partial charge in [-0.25, -0.2) is 4.79 Å².